The van der Waals surface area contributed by atoms with Crippen LogP contribution < -0.4 is 5.69 Å². The summed E-state index contributed by atoms with van der Waals surface area (Å²) in [5, 5.41) is 0.933. The molecular weight excluding hydrogens is 166 g/mol. The molecule has 2 aromatic rings. The van der Waals surface area contributed by atoms with Crippen LogP contribution in [0.5, 0.6) is 0 Å². The Morgan fingerprint density at radius 2 is 2.00 bits per heavy atom. The van der Waals surface area contributed by atoms with Crippen LogP contribution >= 0.6 is 0 Å². The van der Waals surface area contributed by atoms with Gasteiger partial charge in [-0.1, -0.05) is 13.8 Å². The number of nitrogens with one attached hydrogen (secondary N) is 2. The largest absolute Gasteiger partial charge is 0.346 e. The van der Waals surface area contributed by atoms with Crippen molar-refractivity contribution in [1.29, 1.82) is 0 Å². The van der Waals surface area contributed by atoms with Crippen molar-refractivity contribution in [3.8, 4) is 0 Å². The molecule has 4 nitrogen and oxygen atoms in total. The van der Waals surface area contributed by atoms with Gasteiger partial charge in [-0.25, -0.2) is 9.78 Å². The van der Waals surface area contributed by atoms with Crippen molar-refractivity contribution in [1.82, 2.24) is 15.0 Å². The van der Waals surface area contributed by atoms with E-state index in [-0.39, 0.29) is 5.69 Å². The fourth-order valence-corrected chi connectivity index (χ4v) is 1.08. The summed E-state index contributed by atoms with van der Waals surface area (Å²) in [6, 6.07) is 1.93. The Balaban J connectivity index is 0.000000396. The van der Waals surface area contributed by atoms with E-state index in [2.05, 4.69) is 15.0 Å². The van der Waals surface area contributed by atoms with E-state index in [1.807, 2.05) is 26.8 Å². The van der Waals surface area contributed by atoms with Gasteiger partial charge in [-0.3, -0.25) is 4.98 Å². The first kappa shape index (κ1) is 9.51. The Labute approximate surface area is 76.0 Å². The van der Waals surface area contributed by atoms with Gasteiger partial charge in [0.25, 0.3) is 0 Å². The second-order valence-electron chi connectivity index (χ2n) is 2.47. The fraction of sp³-hybridized carbons (Fsp3) is 0.333. The molecule has 2 aromatic heterocycles. The predicted molar refractivity (Wildman–Crippen MR) is 52.8 cm³/mol. The standard InChI is InChI=1S/C7H7N3O.C2H6/c1-4-2-5-3-8-7(11)10-6(5)9-4;1-2/h2-3H,1H3,(H2,8,9,10,11);1-2H3. The maximum absolute atomic E-state index is 10.7. The van der Waals surface area contributed by atoms with E-state index >= 15 is 0 Å². The summed E-state index contributed by atoms with van der Waals surface area (Å²) >= 11 is 0. The molecule has 0 saturated carbocycles. The zero-order valence-corrected chi connectivity index (χ0v) is 8.01. The summed E-state index contributed by atoms with van der Waals surface area (Å²) < 4.78 is 0. The van der Waals surface area contributed by atoms with Crippen LogP contribution in [0, 0.1) is 6.92 Å². The van der Waals surface area contributed by atoms with Gasteiger partial charge < -0.3 is 4.98 Å². The number of nitrogens with zero attached hydrogens (tertiary/aromatic N) is 1. The minimum absolute atomic E-state index is 0.320. The molecular formula is C9H13N3O. The zero-order chi connectivity index (χ0) is 9.84. The van der Waals surface area contributed by atoms with E-state index in [4.69, 9.17) is 0 Å². The molecule has 13 heavy (non-hydrogen) atoms. The average molecular weight is 179 g/mol. The van der Waals surface area contributed by atoms with Gasteiger partial charge in [0.2, 0.25) is 0 Å². The molecule has 2 rings (SSSR count). The van der Waals surface area contributed by atoms with Crippen LogP contribution in [0.3, 0.4) is 0 Å². The molecule has 0 atom stereocenters. The van der Waals surface area contributed by atoms with E-state index in [1.165, 1.54) is 0 Å². The second-order valence-corrected chi connectivity index (χ2v) is 2.47. The Morgan fingerprint density at radius 1 is 1.31 bits per heavy atom. The Hall–Kier alpha value is -1.58. The summed E-state index contributed by atoms with van der Waals surface area (Å²) in [6.45, 7) is 5.93. The topological polar surface area (TPSA) is 61.5 Å². The number of hydrogen-bond acceptors (Lipinski definition) is 2. The van der Waals surface area contributed by atoms with Crippen molar-refractivity contribution in [2.75, 3.05) is 0 Å². The van der Waals surface area contributed by atoms with Crippen molar-refractivity contribution in [2.45, 2.75) is 20.8 Å². The predicted octanol–water partition coefficient (Wildman–Crippen LogP) is 1.59. The van der Waals surface area contributed by atoms with Gasteiger partial charge in [-0.15, -0.1) is 0 Å². The highest BCUT2D eigenvalue weighted by molar-refractivity contribution is 5.74. The van der Waals surface area contributed by atoms with Crippen LogP contribution in [0.2, 0.25) is 0 Å². The molecule has 70 valence electrons. The third-order valence-corrected chi connectivity index (χ3v) is 1.54. The number of aryl methyl sites for hydroxylation is 1. The monoisotopic (exact) mass is 179 g/mol. The third-order valence-electron chi connectivity index (χ3n) is 1.54. The van der Waals surface area contributed by atoms with Gasteiger partial charge in [-0.2, -0.15) is 0 Å². The summed E-state index contributed by atoms with van der Waals surface area (Å²) in [7, 11) is 0. The first-order valence-electron chi connectivity index (χ1n) is 4.30. The first-order chi connectivity index (χ1) is 6.25. The number of H-pyrrole nitrogens is 2. The molecule has 0 spiro atoms. The maximum atomic E-state index is 10.7. The number of aromatic amines is 2. The minimum atomic E-state index is -0.320. The van der Waals surface area contributed by atoms with E-state index < -0.39 is 0 Å². The van der Waals surface area contributed by atoms with Gasteiger partial charge in [-0.05, 0) is 13.0 Å². The Bertz CT molecular complexity index is 441. The van der Waals surface area contributed by atoms with E-state index in [9.17, 15) is 4.79 Å². The molecule has 0 aliphatic rings. The molecule has 4 heteroatoms. The number of rotatable bonds is 0. The zero-order valence-electron chi connectivity index (χ0n) is 8.01. The number of hydrogen-bond donors (Lipinski definition) is 2. The number of aromatic nitrogens is 3. The molecule has 0 bridgehead atoms. The maximum Gasteiger partial charge on any atom is 0.346 e. The summed E-state index contributed by atoms with van der Waals surface area (Å²) in [5.41, 5.74) is 1.44. The van der Waals surface area contributed by atoms with Gasteiger partial charge in [0, 0.05) is 17.3 Å². The van der Waals surface area contributed by atoms with Crippen molar-refractivity contribution in [3.05, 3.63) is 28.4 Å². The van der Waals surface area contributed by atoms with Crippen LogP contribution in [-0.2, 0) is 0 Å². The Morgan fingerprint density at radius 3 is 2.69 bits per heavy atom. The highest BCUT2D eigenvalue weighted by Crippen LogP contribution is 2.07. The molecule has 0 fully saturated rings. The molecule has 0 amide bonds. The lowest BCUT2D eigenvalue weighted by Crippen LogP contribution is -2.07. The first-order valence-corrected chi connectivity index (χ1v) is 4.30. The summed E-state index contributed by atoms with van der Waals surface area (Å²) in [5.74, 6) is 0. The lowest BCUT2D eigenvalue weighted by Gasteiger charge is -1.84. The van der Waals surface area contributed by atoms with Crippen molar-refractivity contribution >= 4 is 11.0 Å². The van der Waals surface area contributed by atoms with Gasteiger partial charge >= 0.3 is 5.69 Å². The Kier molecular flexibility index (Phi) is 2.84. The third kappa shape index (κ3) is 1.96. The molecule has 2 heterocycles. The lowest BCUT2D eigenvalue weighted by molar-refractivity contribution is 1.10. The molecule has 0 saturated heterocycles. The molecule has 0 unspecified atom stereocenters. The van der Waals surface area contributed by atoms with Crippen LogP contribution in [0.1, 0.15) is 19.5 Å². The highest BCUT2D eigenvalue weighted by atomic mass is 16.1. The van der Waals surface area contributed by atoms with E-state index in [0.29, 0.717) is 0 Å². The average Bonchev–Trinajstić information content (AvgIpc) is 2.48. The smallest absolute Gasteiger partial charge is 0.345 e. The molecule has 2 N–H and O–H groups in total. The fourth-order valence-electron chi connectivity index (χ4n) is 1.08. The van der Waals surface area contributed by atoms with E-state index in [0.717, 1.165) is 16.7 Å². The van der Waals surface area contributed by atoms with Crippen LogP contribution in [0.4, 0.5) is 0 Å². The molecule has 0 aliphatic heterocycles. The van der Waals surface area contributed by atoms with Crippen LogP contribution in [0.15, 0.2) is 17.1 Å². The molecule has 0 radical (unpaired) electrons. The molecule has 0 aliphatic carbocycles. The summed E-state index contributed by atoms with van der Waals surface area (Å²) in [4.78, 5) is 19.9. The van der Waals surface area contributed by atoms with Crippen molar-refractivity contribution in [3.63, 3.8) is 0 Å². The molecule has 0 aromatic carbocycles. The van der Waals surface area contributed by atoms with Crippen LogP contribution in [-0.4, -0.2) is 15.0 Å². The minimum Gasteiger partial charge on any atom is -0.345 e. The van der Waals surface area contributed by atoms with Gasteiger partial charge in [0.05, 0.1) is 0 Å². The SMILES string of the molecule is CC.Cc1cc2cnc(=O)[nH]c2[nH]1. The number of fused-ring (bicyclic) bond motifs is 1. The van der Waals surface area contributed by atoms with Gasteiger partial charge in [0.1, 0.15) is 5.65 Å². The van der Waals surface area contributed by atoms with Gasteiger partial charge in [0.15, 0.2) is 0 Å². The van der Waals surface area contributed by atoms with Crippen molar-refractivity contribution < 1.29 is 0 Å². The second kappa shape index (κ2) is 3.89. The highest BCUT2D eigenvalue weighted by Gasteiger charge is 1.96. The van der Waals surface area contributed by atoms with Crippen LogP contribution in [0.25, 0.3) is 11.0 Å². The quantitative estimate of drug-likeness (QED) is 0.645. The van der Waals surface area contributed by atoms with Crippen molar-refractivity contribution in [2.24, 2.45) is 0 Å². The summed E-state index contributed by atoms with van der Waals surface area (Å²) in [6.07, 6.45) is 1.55. The lowest BCUT2D eigenvalue weighted by atomic mass is 10.4. The van der Waals surface area contributed by atoms with E-state index in [1.54, 1.807) is 6.20 Å². The normalized spacial score (nSPS) is 9.46.